The van der Waals surface area contributed by atoms with E-state index in [9.17, 15) is 19.8 Å². The summed E-state index contributed by atoms with van der Waals surface area (Å²) in [6, 6.07) is 1.80. The number of hydrogen-bond donors (Lipinski definition) is 3. The van der Waals surface area contributed by atoms with Gasteiger partial charge in [0.25, 0.3) is 0 Å². The molecule has 3 N–H and O–H groups in total. The van der Waals surface area contributed by atoms with Crippen LogP contribution in [-0.4, -0.2) is 28.6 Å². The summed E-state index contributed by atoms with van der Waals surface area (Å²) in [4.78, 5) is 23.3. The molecule has 0 aromatic carbocycles. The number of rotatable bonds is 6. The summed E-state index contributed by atoms with van der Waals surface area (Å²) in [5.74, 6) is -1.19. The summed E-state index contributed by atoms with van der Waals surface area (Å²) in [5.41, 5.74) is -0.138. The maximum Gasteiger partial charge on any atom is 0.310 e. The Hall–Kier alpha value is -1.40. The molecule has 0 radical (unpaired) electrons. The third kappa shape index (κ3) is 3.37. The van der Waals surface area contributed by atoms with Gasteiger partial charge in [-0.15, -0.1) is 0 Å². The number of thiophene rings is 1. The first kappa shape index (κ1) is 15.0. The topological polar surface area (TPSA) is 86.6 Å². The molecule has 1 unspecified atom stereocenters. The second-order valence-corrected chi connectivity index (χ2v) is 6.13. The lowest BCUT2D eigenvalue weighted by molar-refractivity contribution is -0.151. The standard InChI is InChI=1S/C14H19NO4S/c16-11(10-3-6-20-9-10)8-15-12(17)7-14(13(18)19)4-1-2-5-14/h3,6,9,11,16H,1-2,4-5,7-8H2,(H,15,17)(H,18,19). The number of aliphatic hydroxyl groups is 1. The lowest BCUT2D eigenvalue weighted by atomic mass is 9.82. The van der Waals surface area contributed by atoms with Gasteiger partial charge < -0.3 is 15.5 Å². The number of hydrogen-bond acceptors (Lipinski definition) is 4. The molecular formula is C14H19NO4S. The Kier molecular flexibility index (Phi) is 4.77. The molecule has 1 amide bonds. The van der Waals surface area contributed by atoms with Gasteiger partial charge in [-0.2, -0.15) is 11.3 Å². The largest absolute Gasteiger partial charge is 0.481 e. The zero-order valence-corrected chi connectivity index (χ0v) is 12.0. The highest BCUT2D eigenvalue weighted by Gasteiger charge is 2.42. The Labute approximate surface area is 121 Å². The molecule has 1 aromatic rings. The molecule has 0 aliphatic heterocycles. The molecule has 1 fully saturated rings. The Morgan fingerprint density at radius 3 is 2.65 bits per heavy atom. The van der Waals surface area contributed by atoms with Gasteiger partial charge in [-0.25, -0.2) is 0 Å². The SMILES string of the molecule is O=C(CC1(C(=O)O)CCCC1)NCC(O)c1ccsc1. The van der Waals surface area contributed by atoms with Gasteiger partial charge in [0.05, 0.1) is 11.5 Å². The van der Waals surface area contributed by atoms with Gasteiger partial charge >= 0.3 is 5.97 Å². The van der Waals surface area contributed by atoms with Crippen LogP contribution in [0.25, 0.3) is 0 Å². The number of amides is 1. The van der Waals surface area contributed by atoms with Crippen LogP contribution in [0.15, 0.2) is 16.8 Å². The van der Waals surface area contributed by atoms with E-state index in [1.807, 2.05) is 10.8 Å². The number of aliphatic carboxylic acids is 1. The highest BCUT2D eigenvalue weighted by Crippen LogP contribution is 2.41. The van der Waals surface area contributed by atoms with Gasteiger partial charge in [0.15, 0.2) is 0 Å². The van der Waals surface area contributed by atoms with E-state index in [0.717, 1.165) is 18.4 Å². The number of carboxylic acids is 1. The van der Waals surface area contributed by atoms with E-state index in [1.54, 1.807) is 6.07 Å². The van der Waals surface area contributed by atoms with Crippen LogP contribution in [0.1, 0.15) is 43.8 Å². The summed E-state index contributed by atoms with van der Waals surface area (Å²) < 4.78 is 0. The van der Waals surface area contributed by atoms with Crippen molar-refractivity contribution in [3.05, 3.63) is 22.4 Å². The predicted octanol–water partition coefficient (Wildman–Crippen LogP) is 1.93. The average molecular weight is 297 g/mol. The highest BCUT2D eigenvalue weighted by atomic mass is 32.1. The van der Waals surface area contributed by atoms with Crippen LogP contribution < -0.4 is 5.32 Å². The predicted molar refractivity (Wildman–Crippen MR) is 75.4 cm³/mol. The molecule has 5 nitrogen and oxygen atoms in total. The molecule has 6 heteroatoms. The molecule has 0 bridgehead atoms. The molecule has 1 atom stereocenters. The third-order valence-electron chi connectivity index (χ3n) is 3.93. The molecule has 1 aromatic heterocycles. The Bertz CT molecular complexity index is 466. The molecule has 1 saturated carbocycles. The molecule has 1 heterocycles. The maximum absolute atomic E-state index is 11.9. The van der Waals surface area contributed by atoms with Crippen LogP contribution in [0.3, 0.4) is 0 Å². The van der Waals surface area contributed by atoms with Crippen molar-refractivity contribution in [3.63, 3.8) is 0 Å². The first-order valence-corrected chi connectivity index (χ1v) is 7.68. The average Bonchev–Trinajstić information content (AvgIpc) is 3.07. The number of carbonyl (C=O) groups is 2. The van der Waals surface area contributed by atoms with Crippen LogP contribution in [0.4, 0.5) is 0 Å². The molecule has 0 spiro atoms. The van der Waals surface area contributed by atoms with E-state index in [-0.39, 0.29) is 18.9 Å². The fraction of sp³-hybridized carbons (Fsp3) is 0.571. The normalized spacial score (nSPS) is 18.6. The van der Waals surface area contributed by atoms with Crippen LogP contribution >= 0.6 is 11.3 Å². The highest BCUT2D eigenvalue weighted by molar-refractivity contribution is 7.07. The quantitative estimate of drug-likeness (QED) is 0.749. The number of carbonyl (C=O) groups excluding carboxylic acids is 1. The number of carboxylic acid groups (broad SMARTS) is 1. The van der Waals surface area contributed by atoms with Gasteiger partial charge in [0.2, 0.25) is 5.91 Å². The maximum atomic E-state index is 11.9. The van der Waals surface area contributed by atoms with Crippen molar-refractivity contribution in [2.75, 3.05) is 6.54 Å². The fourth-order valence-electron chi connectivity index (χ4n) is 2.68. The van der Waals surface area contributed by atoms with Crippen LogP contribution in [0, 0.1) is 5.41 Å². The summed E-state index contributed by atoms with van der Waals surface area (Å²) in [7, 11) is 0. The molecule has 110 valence electrons. The second kappa shape index (κ2) is 6.37. The molecule has 2 rings (SSSR count). The minimum Gasteiger partial charge on any atom is -0.481 e. The van der Waals surface area contributed by atoms with E-state index >= 15 is 0 Å². The zero-order valence-electron chi connectivity index (χ0n) is 11.2. The van der Waals surface area contributed by atoms with E-state index in [2.05, 4.69) is 5.32 Å². The summed E-state index contributed by atoms with van der Waals surface area (Å²) in [6.07, 6.45) is 2.09. The van der Waals surface area contributed by atoms with Gasteiger partial charge in [-0.3, -0.25) is 9.59 Å². The lowest BCUT2D eigenvalue weighted by Crippen LogP contribution is -2.37. The number of aliphatic hydroxyl groups excluding tert-OH is 1. The Balaban J connectivity index is 1.84. The Morgan fingerprint density at radius 2 is 2.10 bits per heavy atom. The molecule has 0 saturated heterocycles. The fourth-order valence-corrected chi connectivity index (χ4v) is 3.39. The van der Waals surface area contributed by atoms with Crippen molar-refractivity contribution >= 4 is 23.2 Å². The van der Waals surface area contributed by atoms with Gasteiger partial charge in [0, 0.05) is 13.0 Å². The van der Waals surface area contributed by atoms with E-state index in [4.69, 9.17) is 0 Å². The van der Waals surface area contributed by atoms with Gasteiger partial charge in [-0.05, 0) is 35.2 Å². The van der Waals surface area contributed by atoms with Crippen molar-refractivity contribution in [1.29, 1.82) is 0 Å². The van der Waals surface area contributed by atoms with E-state index in [1.165, 1.54) is 11.3 Å². The van der Waals surface area contributed by atoms with Gasteiger partial charge in [0.1, 0.15) is 0 Å². The minimum atomic E-state index is -0.905. The first-order valence-electron chi connectivity index (χ1n) is 6.74. The summed E-state index contributed by atoms with van der Waals surface area (Å²) in [6.45, 7) is 0.116. The van der Waals surface area contributed by atoms with Crippen molar-refractivity contribution in [2.24, 2.45) is 5.41 Å². The molecular weight excluding hydrogens is 278 g/mol. The van der Waals surface area contributed by atoms with E-state index in [0.29, 0.717) is 12.8 Å². The van der Waals surface area contributed by atoms with E-state index < -0.39 is 17.5 Å². The number of nitrogens with one attached hydrogen (secondary N) is 1. The van der Waals surface area contributed by atoms with Crippen LogP contribution in [0.5, 0.6) is 0 Å². The molecule has 1 aliphatic carbocycles. The second-order valence-electron chi connectivity index (χ2n) is 5.35. The summed E-state index contributed by atoms with van der Waals surface area (Å²) in [5, 5.41) is 25.5. The van der Waals surface area contributed by atoms with Crippen molar-refractivity contribution in [3.8, 4) is 0 Å². The third-order valence-corrected chi connectivity index (χ3v) is 4.64. The van der Waals surface area contributed by atoms with Crippen molar-refractivity contribution in [1.82, 2.24) is 5.32 Å². The van der Waals surface area contributed by atoms with Crippen molar-refractivity contribution < 1.29 is 19.8 Å². The monoisotopic (exact) mass is 297 g/mol. The summed E-state index contributed by atoms with van der Waals surface area (Å²) >= 11 is 1.48. The van der Waals surface area contributed by atoms with Crippen molar-refractivity contribution in [2.45, 2.75) is 38.2 Å². The Morgan fingerprint density at radius 1 is 1.40 bits per heavy atom. The lowest BCUT2D eigenvalue weighted by Gasteiger charge is -2.23. The van der Waals surface area contributed by atoms with Crippen LogP contribution in [0.2, 0.25) is 0 Å². The molecule has 20 heavy (non-hydrogen) atoms. The van der Waals surface area contributed by atoms with Gasteiger partial charge in [-0.1, -0.05) is 12.8 Å². The van der Waals surface area contributed by atoms with Crippen LogP contribution in [-0.2, 0) is 9.59 Å². The molecule has 1 aliphatic rings. The smallest absolute Gasteiger partial charge is 0.310 e. The minimum absolute atomic E-state index is 0.00130. The zero-order chi connectivity index (χ0) is 14.6. The first-order chi connectivity index (χ1) is 9.53.